The summed E-state index contributed by atoms with van der Waals surface area (Å²) >= 11 is 6.01. The van der Waals surface area contributed by atoms with Crippen molar-refractivity contribution in [1.29, 1.82) is 0 Å². The summed E-state index contributed by atoms with van der Waals surface area (Å²) < 4.78 is 40.2. The van der Waals surface area contributed by atoms with E-state index in [9.17, 15) is 22.4 Å². The fourth-order valence-corrected chi connectivity index (χ4v) is 5.59. The Morgan fingerprint density at radius 2 is 1.74 bits per heavy atom. The van der Waals surface area contributed by atoms with Crippen molar-refractivity contribution >= 4 is 39.1 Å². The minimum absolute atomic E-state index is 0.104. The molecular weight excluding hydrogens is 445 g/mol. The molecule has 0 saturated carbocycles. The molecule has 7 nitrogen and oxygen atoms in total. The Bertz CT molecular complexity index is 1120. The minimum Gasteiger partial charge on any atom is -0.340 e. The van der Waals surface area contributed by atoms with E-state index in [2.05, 4.69) is 0 Å². The number of sulfonamides is 1. The zero-order chi connectivity index (χ0) is 22.2. The van der Waals surface area contributed by atoms with E-state index in [1.165, 1.54) is 22.5 Å². The van der Waals surface area contributed by atoms with Crippen molar-refractivity contribution in [3.63, 3.8) is 0 Å². The lowest BCUT2D eigenvalue weighted by Gasteiger charge is -2.35. The van der Waals surface area contributed by atoms with E-state index in [1.807, 2.05) is 0 Å². The van der Waals surface area contributed by atoms with Gasteiger partial charge in [0.1, 0.15) is 5.82 Å². The molecule has 0 bridgehead atoms. The summed E-state index contributed by atoms with van der Waals surface area (Å²) in [6.45, 7) is 0.927. The van der Waals surface area contributed by atoms with Crippen LogP contribution in [0.3, 0.4) is 0 Å². The van der Waals surface area contributed by atoms with E-state index in [-0.39, 0.29) is 55.9 Å². The lowest BCUT2D eigenvalue weighted by Crippen LogP contribution is -2.52. The molecule has 2 aromatic rings. The Kier molecular flexibility index (Phi) is 6.00. The van der Waals surface area contributed by atoms with E-state index in [0.717, 1.165) is 6.07 Å². The van der Waals surface area contributed by atoms with Gasteiger partial charge in [0, 0.05) is 49.9 Å². The van der Waals surface area contributed by atoms with Crippen LogP contribution in [0.1, 0.15) is 6.42 Å². The molecule has 164 valence electrons. The third-order valence-corrected chi connectivity index (χ3v) is 7.71. The SMILES string of the molecule is O=C(C1CC(=O)N(c2cccc(Cl)c2)C1)N1CCN(S(=O)(=O)c2cccc(F)c2)CC1. The largest absolute Gasteiger partial charge is 0.340 e. The summed E-state index contributed by atoms with van der Waals surface area (Å²) in [4.78, 5) is 28.5. The van der Waals surface area contributed by atoms with E-state index in [1.54, 1.807) is 34.1 Å². The number of piperazine rings is 1. The Morgan fingerprint density at radius 1 is 1.03 bits per heavy atom. The smallest absolute Gasteiger partial charge is 0.243 e. The van der Waals surface area contributed by atoms with Gasteiger partial charge in [-0.3, -0.25) is 9.59 Å². The fourth-order valence-electron chi connectivity index (χ4n) is 3.95. The molecule has 1 unspecified atom stereocenters. The van der Waals surface area contributed by atoms with Crippen molar-refractivity contribution in [2.45, 2.75) is 11.3 Å². The molecule has 0 aromatic heterocycles. The van der Waals surface area contributed by atoms with Crippen molar-refractivity contribution < 1.29 is 22.4 Å². The van der Waals surface area contributed by atoms with Crippen LogP contribution in [0.15, 0.2) is 53.4 Å². The second-order valence-corrected chi connectivity index (χ2v) is 9.95. The summed E-state index contributed by atoms with van der Waals surface area (Å²) in [7, 11) is -3.83. The van der Waals surface area contributed by atoms with Crippen molar-refractivity contribution in [2.24, 2.45) is 5.92 Å². The average molecular weight is 466 g/mol. The average Bonchev–Trinajstić information content (AvgIpc) is 3.15. The molecule has 2 fully saturated rings. The van der Waals surface area contributed by atoms with Crippen LogP contribution in [0.4, 0.5) is 10.1 Å². The number of rotatable bonds is 4. The summed E-state index contributed by atoms with van der Waals surface area (Å²) in [6.07, 6.45) is 0.104. The van der Waals surface area contributed by atoms with Gasteiger partial charge < -0.3 is 9.80 Å². The van der Waals surface area contributed by atoms with E-state index in [4.69, 9.17) is 11.6 Å². The summed E-state index contributed by atoms with van der Waals surface area (Å²) in [5, 5.41) is 0.510. The molecule has 0 aliphatic carbocycles. The highest BCUT2D eigenvalue weighted by Gasteiger charge is 2.39. The van der Waals surface area contributed by atoms with Gasteiger partial charge in [-0.1, -0.05) is 23.7 Å². The van der Waals surface area contributed by atoms with E-state index < -0.39 is 21.8 Å². The molecular formula is C21H21ClFN3O4S. The van der Waals surface area contributed by atoms with Crippen molar-refractivity contribution in [3.8, 4) is 0 Å². The molecule has 10 heteroatoms. The Labute approximate surface area is 185 Å². The second kappa shape index (κ2) is 8.57. The van der Waals surface area contributed by atoms with Crippen LogP contribution in [0.25, 0.3) is 0 Å². The van der Waals surface area contributed by atoms with Crippen LogP contribution in [-0.4, -0.2) is 62.2 Å². The van der Waals surface area contributed by atoms with Gasteiger partial charge in [0.2, 0.25) is 21.8 Å². The normalized spacial score (nSPS) is 20.3. The molecule has 4 rings (SSSR count). The molecule has 1 atom stereocenters. The number of anilines is 1. The van der Waals surface area contributed by atoms with E-state index >= 15 is 0 Å². The number of carbonyl (C=O) groups excluding carboxylic acids is 2. The molecule has 2 aromatic carbocycles. The fraction of sp³-hybridized carbons (Fsp3) is 0.333. The second-order valence-electron chi connectivity index (χ2n) is 7.57. The zero-order valence-electron chi connectivity index (χ0n) is 16.6. The van der Waals surface area contributed by atoms with Gasteiger partial charge >= 0.3 is 0 Å². The summed E-state index contributed by atoms with van der Waals surface area (Å²) in [5.74, 6) is -1.42. The van der Waals surface area contributed by atoms with Crippen molar-refractivity contribution in [3.05, 3.63) is 59.4 Å². The zero-order valence-corrected chi connectivity index (χ0v) is 18.2. The maximum atomic E-state index is 13.4. The number of nitrogens with zero attached hydrogens (tertiary/aromatic N) is 3. The number of benzene rings is 2. The van der Waals surface area contributed by atoms with Crippen LogP contribution >= 0.6 is 11.6 Å². The molecule has 2 saturated heterocycles. The molecule has 2 aliphatic heterocycles. The maximum absolute atomic E-state index is 13.4. The number of hydrogen-bond acceptors (Lipinski definition) is 4. The first-order valence-electron chi connectivity index (χ1n) is 9.86. The quantitative estimate of drug-likeness (QED) is 0.694. The van der Waals surface area contributed by atoms with Crippen molar-refractivity contribution in [1.82, 2.24) is 9.21 Å². The Balaban J connectivity index is 1.39. The highest BCUT2D eigenvalue weighted by molar-refractivity contribution is 7.89. The van der Waals surface area contributed by atoms with Crippen LogP contribution in [0.2, 0.25) is 5.02 Å². The molecule has 2 amide bonds. The molecule has 2 heterocycles. The van der Waals surface area contributed by atoms with Gasteiger partial charge in [0.05, 0.1) is 10.8 Å². The predicted molar refractivity (Wildman–Crippen MR) is 114 cm³/mol. The molecule has 31 heavy (non-hydrogen) atoms. The van der Waals surface area contributed by atoms with Crippen LogP contribution in [0, 0.1) is 11.7 Å². The number of hydrogen-bond donors (Lipinski definition) is 0. The van der Waals surface area contributed by atoms with Gasteiger partial charge in [-0.25, -0.2) is 12.8 Å². The van der Waals surface area contributed by atoms with Crippen LogP contribution in [0.5, 0.6) is 0 Å². The molecule has 2 aliphatic rings. The van der Waals surface area contributed by atoms with Gasteiger partial charge in [-0.15, -0.1) is 0 Å². The Hall–Kier alpha value is -2.49. The lowest BCUT2D eigenvalue weighted by atomic mass is 10.1. The lowest BCUT2D eigenvalue weighted by molar-refractivity contribution is -0.136. The highest BCUT2D eigenvalue weighted by Crippen LogP contribution is 2.28. The minimum atomic E-state index is -3.83. The van der Waals surface area contributed by atoms with E-state index in [0.29, 0.717) is 10.7 Å². The van der Waals surface area contributed by atoms with Gasteiger partial charge in [0.15, 0.2) is 0 Å². The first-order valence-corrected chi connectivity index (χ1v) is 11.7. The summed E-state index contributed by atoms with van der Waals surface area (Å²) in [6, 6.07) is 11.8. The highest BCUT2D eigenvalue weighted by atomic mass is 35.5. The first-order chi connectivity index (χ1) is 14.8. The third-order valence-electron chi connectivity index (χ3n) is 5.58. The standard InChI is InChI=1S/C21H21ClFN3O4S/c22-16-3-1-5-18(12-16)26-14-15(11-20(26)27)21(28)24-7-9-25(10-8-24)31(29,30)19-6-2-4-17(23)13-19/h1-6,12-13,15H,7-11,14H2. The van der Waals surface area contributed by atoms with Crippen LogP contribution in [-0.2, 0) is 19.6 Å². The predicted octanol–water partition coefficient (Wildman–Crippen LogP) is 2.37. The first kappa shape index (κ1) is 21.7. The molecule has 0 radical (unpaired) electrons. The topological polar surface area (TPSA) is 78.0 Å². The monoisotopic (exact) mass is 465 g/mol. The number of halogens is 2. The van der Waals surface area contributed by atoms with Gasteiger partial charge in [-0.05, 0) is 36.4 Å². The Morgan fingerprint density at radius 3 is 2.42 bits per heavy atom. The van der Waals surface area contributed by atoms with Gasteiger partial charge in [-0.2, -0.15) is 4.31 Å². The number of amides is 2. The van der Waals surface area contributed by atoms with Gasteiger partial charge in [0.25, 0.3) is 0 Å². The molecule has 0 N–H and O–H groups in total. The maximum Gasteiger partial charge on any atom is 0.243 e. The molecule has 0 spiro atoms. The van der Waals surface area contributed by atoms with Crippen LogP contribution < -0.4 is 4.90 Å². The third kappa shape index (κ3) is 4.44. The van der Waals surface area contributed by atoms with Crippen molar-refractivity contribution in [2.75, 3.05) is 37.6 Å². The number of carbonyl (C=O) groups is 2. The summed E-state index contributed by atoms with van der Waals surface area (Å²) in [5.41, 5.74) is 0.652.